The second-order valence-electron chi connectivity index (χ2n) is 7.47. The molecule has 0 aromatic heterocycles. The second-order valence-corrected chi connectivity index (χ2v) is 7.47. The van der Waals surface area contributed by atoms with Gasteiger partial charge in [0.2, 0.25) is 5.91 Å². The molecule has 26 heavy (non-hydrogen) atoms. The van der Waals surface area contributed by atoms with Crippen molar-refractivity contribution in [3.8, 4) is 0 Å². The topological polar surface area (TPSA) is 69.6 Å². The number of carboxylic acid groups (broad SMARTS) is 1. The summed E-state index contributed by atoms with van der Waals surface area (Å²) in [5.41, 5.74) is 0.625. The van der Waals surface area contributed by atoms with Gasteiger partial charge in [-0.25, -0.2) is 4.79 Å². The molecule has 1 amide bonds. The number of carbonyl (C=O) groups is 2. The van der Waals surface area contributed by atoms with Crippen molar-refractivity contribution in [1.29, 1.82) is 0 Å². The maximum Gasteiger partial charge on any atom is 0.490 e. The summed E-state index contributed by atoms with van der Waals surface area (Å²) in [6, 6.07) is 0. The molecular formula is C18H27F3N2O3. The van der Waals surface area contributed by atoms with E-state index in [0.717, 1.165) is 19.5 Å². The van der Waals surface area contributed by atoms with Crippen LogP contribution in [0, 0.1) is 11.3 Å². The van der Waals surface area contributed by atoms with Gasteiger partial charge >= 0.3 is 12.1 Å². The molecule has 0 aromatic carbocycles. The molecule has 0 bridgehead atoms. The lowest BCUT2D eigenvalue weighted by Gasteiger charge is -2.43. The molecule has 1 saturated heterocycles. The van der Waals surface area contributed by atoms with Crippen molar-refractivity contribution in [3.05, 3.63) is 12.2 Å². The molecular weight excluding hydrogens is 349 g/mol. The number of carboxylic acids is 1. The largest absolute Gasteiger partial charge is 0.490 e. The molecule has 2 aliphatic heterocycles. The molecule has 5 nitrogen and oxygen atoms in total. The van der Waals surface area contributed by atoms with Crippen LogP contribution in [0.15, 0.2) is 12.2 Å². The number of hydrogen-bond acceptors (Lipinski definition) is 3. The number of rotatable bonds is 2. The van der Waals surface area contributed by atoms with E-state index in [9.17, 15) is 18.0 Å². The molecule has 2 fully saturated rings. The van der Waals surface area contributed by atoms with Crippen molar-refractivity contribution >= 4 is 11.9 Å². The average molecular weight is 376 g/mol. The summed E-state index contributed by atoms with van der Waals surface area (Å²) in [6.45, 7) is 4.06. The van der Waals surface area contributed by atoms with Crippen LogP contribution in [-0.2, 0) is 9.59 Å². The van der Waals surface area contributed by atoms with Crippen LogP contribution in [0.4, 0.5) is 13.2 Å². The van der Waals surface area contributed by atoms with Crippen LogP contribution in [0.25, 0.3) is 0 Å². The lowest BCUT2D eigenvalue weighted by atomic mass is 9.65. The van der Waals surface area contributed by atoms with E-state index in [4.69, 9.17) is 9.90 Å². The van der Waals surface area contributed by atoms with Crippen molar-refractivity contribution in [1.82, 2.24) is 10.2 Å². The van der Waals surface area contributed by atoms with Gasteiger partial charge in [0.1, 0.15) is 0 Å². The van der Waals surface area contributed by atoms with Gasteiger partial charge in [-0.3, -0.25) is 4.79 Å². The summed E-state index contributed by atoms with van der Waals surface area (Å²) in [7, 11) is 0. The van der Waals surface area contributed by atoms with Crippen molar-refractivity contribution in [3.63, 3.8) is 0 Å². The molecule has 0 unspecified atom stereocenters. The maximum absolute atomic E-state index is 12.2. The van der Waals surface area contributed by atoms with Gasteiger partial charge in [0, 0.05) is 19.5 Å². The van der Waals surface area contributed by atoms with Gasteiger partial charge in [-0.05, 0) is 62.9 Å². The summed E-state index contributed by atoms with van der Waals surface area (Å²) >= 11 is 0. The highest BCUT2D eigenvalue weighted by molar-refractivity contribution is 5.77. The van der Waals surface area contributed by atoms with E-state index in [1.807, 2.05) is 4.90 Å². The number of aliphatic carboxylic acids is 1. The standard InChI is InChI=1S/C16H26N2O.C2HF3O2/c19-15(18-11-1-2-12-18)13-14-3-5-16(6-4-14)7-9-17-10-8-16;3-2(4,5)1(6)7/h1-2,14,17H,3-13H2;(H,6,7). The molecule has 3 rings (SSSR count). The summed E-state index contributed by atoms with van der Waals surface area (Å²) < 4.78 is 31.7. The van der Waals surface area contributed by atoms with E-state index in [1.54, 1.807) is 0 Å². The number of halogens is 3. The van der Waals surface area contributed by atoms with E-state index >= 15 is 0 Å². The minimum atomic E-state index is -5.08. The van der Waals surface area contributed by atoms with Crippen molar-refractivity contribution < 1.29 is 27.9 Å². The number of hydrogen-bond donors (Lipinski definition) is 2. The van der Waals surface area contributed by atoms with E-state index in [2.05, 4.69) is 17.5 Å². The first-order chi connectivity index (χ1) is 12.2. The molecule has 0 radical (unpaired) electrons. The molecule has 1 saturated carbocycles. The fourth-order valence-electron chi connectivity index (χ4n) is 4.01. The van der Waals surface area contributed by atoms with Gasteiger partial charge in [0.25, 0.3) is 0 Å². The van der Waals surface area contributed by atoms with E-state index in [-0.39, 0.29) is 0 Å². The summed E-state index contributed by atoms with van der Waals surface area (Å²) in [5.74, 6) is -1.74. The Kier molecular flexibility index (Phi) is 7.08. The number of alkyl halides is 3. The van der Waals surface area contributed by atoms with Gasteiger partial charge < -0.3 is 15.3 Å². The summed E-state index contributed by atoms with van der Waals surface area (Å²) in [6.07, 6.45) is 7.85. The first-order valence-corrected chi connectivity index (χ1v) is 9.15. The van der Waals surface area contributed by atoms with Crippen LogP contribution in [0.1, 0.15) is 44.9 Å². The highest BCUT2D eigenvalue weighted by Crippen LogP contribution is 2.45. The highest BCUT2D eigenvalue weighted by Gasteiger charge is 2.38. The summed E-state index contributed by atoms with van der Waals surface area (Å²) in [4.78, 5) is 23.0. The van der Waals surface area contributed by atoms with Crippen molar-refractivity contribution in [2.75, 3.05) is 26.2 Å². The highest BCUT2D eigenvalue weighted by atomic mass is 19.4. The predicted molar refractivity (Wildman–Crippen MR) is 90.5 cm³/mol. The van der Waals surface area contributed by atoms with Crippen LogP contribution in [0.5, 0.6) is 0 Å². The van der Waals surface area contributed by atoms with Crippen LogP contribution in [-0.4, -0.2) is 54.2 Å². The van der Waals surface area contributed by atoms with Crippen LogP contribution in [0.2, 0.25) is 0 Å². The van der Waals surface area contributed by atoms with Gasteiger partial charge in [-0.1, -0.05) is 12.2 Å². The lowest BCUT2D eigenvalue weighted by molar-refractivity contribution is -0.192. The Balaban J connectivity index is 0.000000298. The zero-order valence-electron chi connectivity index (χ0n) is 14.9. The lowest BCUT2D eigenvalue weighted by Crippen LogP contribution is -2.40. The minimum Gasteiger partial charge on any atom is -0.475 e. The maximum atomic E-state index is 12.2. The smallest absolute Gasteiger partial charge is 0.475 e. The van der Waals surface area contributed by atoms with Gasteiger partial charge in [0.05, 0.1) is 0 Å². The van der Waals surface area contributed by atoms with E-state index in [1.165, 1.54) is 51.6 Å². The molecule has 8 heteroatoms. The molecule has 1 spiro atoms. The third-order valence-electron chi connectivity index (χ3n) is 5.71. The SMILES string of the molecule is O=C(CC1CCC2(CCNCC2)CC1)N1CC=CC1.O=C(O)C(F)(F)F. The fraction of sp³-hybridized carbons (Fsp3) is 0.778. The van der Waals surface area contributed by atoms with Crippen LogP contribution < -0.4 is 5.32 Å². The molecule has 3 aliphatic rings. The Morgan fingerprint density at radius 3 is 2.04 bits per heavy atom. The van der Waals surface area contributed by atoms with Crippen molar-refractivity contribution in [2.24, 2.45) is 11.3 Å². The zero-order chi connectivity index (χ0) is 19.2. The Hall–Kier alpha value is -1.57. The first-order valence-electron chi connectivity index (χ1n) is 9.15. The molecule has 0 atom stereocenters. The number of nitrogens with one attached hydrogen (secondary N) is 1. The number of piperidine rings is 1. The Morgan fingerprint density at radius 1 is 1.08 bits per heavy atom. The fourth-order valence-corrected chi connectivity index (χ4v) is 4.01. The molecule has 1 aliphatic carbocycles. The first kappa shape index (κ1) is 20.7. The minimum absolute atomic E-state index is 0.372. The second kappa shape index (κ2) is 8.88. The average Bonchev–Trinajstić information content (AvgIpc) is 3.12. The summed E-state index contributed by atoms with van der Waals surface area (Å²) in [5, 5.41) is 10.6. The number of nitrogens with zero attached hydrogens (tertiary/aromatic N) is 1. The quantitative estimate of drug-likeness (QED) is 0.727. The Labute approximate surface area is 151 Å². The number of amides is 1. The molecule has 0 aromatic rings. The predicted octanol–water partition coefficient (Wildman–Crippen LogP) is 2.97. The normalized spacial score (nSPS) is 22.8. The molecule has 2 heterocycles. The van der Waals surface area contributed by atoms with Crippen LogP contribution in [0.3, 0.4) is 0 Å². The van der Waals surface area contributed by atoms with E-state index < -0.39 is 12.1 Å². The third-order valence-corrected chi connectivity index (χ3v) is 5.71. The Morgan fingerprint density at radius 2 is 1.58 bits per heavy atom. The molecule has 2 N–H and O–H groups in total. The van der Waals surface area contributed by atoms with Gasteiger partial charge in [-0.15, -0.1) is 0 Å². The number of carbonyl (C=O) groups excluding carboxylic acids is 1. The van der Waals surface area contributed by atoms with Gasteiger partial charge in [0.15, 0.2) is 0 Å². The third kappa shape index (κ3) is 6.00. The molecule has 148 valence electrons. The Bertz CT molecular complexity index is 510. The van der Waals surface area contributed by atoms with Crippen molar-refractivity contribution in [2.45, 2.75) is 51.1 Å². The zero-order valence-corrected chi connectivity index (χ0v) is 14.9. The monoisotopic (exact) mass is 376 g/mol. The van der Waals surface area contributed by atoms with Crippen LogP contribution >= 0.6 is 0 Å². The van der Waals surface area contributed by atoms with E-state index in [0.29, 0.717) is 17.2 Å². The van der Waals surface area contributed by atoms with Gasteiger partial charge in [-0.2, -0.15) is 13.2 Å².